The third kappa shape index (κ3) is 3.38. The van der Waals surface area contributed by atoms with Gasteiger partial charge in [0.05, 0.1) is 12.2 Å². The molecular formula is C21H19NO6. The first-order chi connectivity index (χ1) is 13.3. The smallest absolute Gasteiger partial charge is 0.328 e. The second kappa shape index (κ2) is 7.64. The maximum atomic E-state index is 13.1. The van der Waals surface area contributed by atoms with Crippen LogP contribution < -0.4 is 5.32 Å². The average molecular weight is 381 g/mol. The number of carbonyl (C=O) groups excluding carboxylic acids is 4. The Morgan fingerprint density at radius 2 is 1.64 bits per heavy atom. The van der Waals surface area contributed by atoms with Crippen LogP contribution in [0.3, 0.4) is 0 Å². The fourth-order valence-electron chi connectivity index (χ4n) is 3.34. The summed E-state index contributed by atoms with van der Waals surface area (Å²) >= 11 is 0. The monoisotopic (exact) mass is 381 g/mol. The molecule has 28 heavy (non-hydrogen) atoms. The van der Waals surface area contributed by atoms with Gasteiger partial charge in [0.1, 0.15) is 11.8 Å². The Kier molecular flexibility index (Phi) is 5.26. The zero-order valence-corrected chi connectivity index (χ0v) is 15.4. The summed E-state index contributed by atoms with van der Waals surface area (Å²) in [5.41, 5.74) is 0.776. The van der Waals surface area contributed by atoms with Crippen molar-refractivity contribution in [2.75, 3.05) is 6.61 Å². The summed E-state index contributed by atoms with van der Waals surface area (Å²) in [5.74, 6) is -2.26. The van der Waals surface area contributed by atoms with Crippen molar-refractivity contribution in [2.45, 2.75) is 26.3 Å². The van der Waals surface area contributed by atoms with Gasteiger partial charge in [0.25, 0.3) is 0 Å². The Bertz CT molecular complexity index is 994. The highest BCUT2D eigenvalue weighted by Crippen LogP contribution is 2.35. The first kappa shape index (κ1) is 19.3. The summed E-state index contributed by atoms with van der Waals surface area (Å²) in [5, 5.41) is 12.7. The molecule has 0 aromatic heterocycles. The van der Waals surface area contributed by atoms with Gasteiger partial charge in [-0.3, -0.25) is 14.4 Å². The summed E-state index contributed by atoms with van der Waals surface area (Å²) in [6.07, 6.45) is -0.0534. The van der Waals surface area contributed by atoms with Crippen molar-refractivity contribution in [3.63, 3.8) is 0 Å². The fraction of sp³-hybridized carbons (Fsp3) is 0.238. The molecule has 1 aliphatic carbocycles. The van der Waals surface area contributed by atoms with E-state index in [9.17, 15) is 24.3 Å². The summed E-state index contributed by atoms with van der Waals surface area (Å²) < 4.78 is 4.99. The number of benzene rings is 2. The highest BCUT2D eigenvalue weighted by atomic mass is 16.5. The van der Waals surface area contributed by atoms with Gasteiger partial charge in [-0.1, -0.05) is 30.3 Å². The molecule has 0 bridgehead atoms. The van der Waals surface area contributed by atoms with Gasteiger partial charge in [-0.15, -0.1) is 0 Å². The van der Waals surface area contributed by atoms with Crippen molar-refractivity contribution < 1.29 is 29.0 Å². The summed E-state index contributed by atoms with van der Waals surface area (Å²) in [6, 6.07) is 8.13. The van der Waals surface area contributed by atoms with Gasteiger partial charge in [0.2, 0.25) is 5.91 Å². The second-order valence-corrected chi connectivity index (χ2v) is 6.41. The van der Waals surface area contributed by atoms with Gasteiger partial charge in [-0.2, -0.15) is 0 Å². The predicted molar refractivity (Wildman–Crippen MR) is 99.4 cm³/mol. The van der Waals surface area contributed by atoms with E-state index in [1.165, 1.54) is 25.1 Å². The van der Waals surface area contributed by atoms with Crippen molar-refractivity contribution in [1.29, 1.82) is 0 Å². The van der Waals surface area contributed by atoms with Crippen molar-refractivity contribution >= 4 is 23.4 Å². The molecule has 7 nitrogen and oxygen atoms in total. The normalized spacial score (nSPS) is 13.4. The Morgan fingerprint density at radius 1 is 1.04 bits per heavy atom. The fourth-order valence-corrected chi connectivity index (χ4v) is 3.34. The van der Waals surface area contributed by atoms with Crippen LogP contribution >= 0.6 is 0 Å². The first-order valence-corrected chi connectivity index (χ1v) is 8.82. The Labute approximate surface area is 161 Å². The topological polar surface area (TPSA) is 110 Å². The number of hydrogen-bond donors (Lipinski definition) is 2. The van der Waals surface area contributed by atoms with E-state index < -0.39 is 29.5 Å². The molecule has 0 fully saturated rings. The lowest BCUT2D eigenvalue weighted by Crippen LogP contribution is -2.42. The maximum absolute atomic E-state index is 13.1. The number of nitrogens with one attached hydrogen (secondary N) is 1. The van der Waals surface area contributed by atoms with E-state index in [2.05, 4.69) is 5.32 Å². The van der Waals surface area contributed by atoms with Gasteiger partial charge in [0.15, 0.2) is 11.6 Å². The van der Waals surface area contributed by atoms with Crippen molar-refractivity contribution in [2.24, 2.45) is 0 Å². The van der Waals surface area contributed by atoms with Crippen LogP contribution in [0, 0.1) is 0 Å². The van der Waals surface area contributed by atoms with Crippen molar-refractivity contribution in [3.05, 3.63) is 64.2 Å². The minimum Gasteiger partial charge on any atom is -0.507 e. The summed E-state index contributed by atoms with van der Waals surface area (Å²) in [4.78, 5) is 49.6. The molecule has 0 spiro atoms. The van der Waals surface area contributed by atoms with E-state index in [1.54, 1.807) is 25.1 Å². The molecule has 2 aromatic rings. The van der Waals surface area contributed by atoms with E-state index >= 15 is 0 Å². The number of esters is 1. The van der Waals surface area contributed by atoms with Crippen LogP contribution in [0.25, 0.3) is 0 Å². The SMILES string of the molecule is CCOC(=O)C(Cc1ccc(O)c2c1C(=O)c1ccccc1C2=O)NC(C)=O. The predicted octanol–water partition coefficient (Wildman–Crippen LogP) is 1.78. The van der Waals surface area contributed by atoms with E-state index in [1.807, 2.05) is 0 Å². The van der Waals surface area contributed by atoms with E-state index in [-0.39, 0.29) is 41.0 Å². The quantitative estimate of drug-likeness (QED) is 0.652. The van der Waals surface area contributed by atoms with Gasteiger partial charge in [-0.25, -0.2) is 4.79 Å². The van der Waals surface area contributed by atoms with Gasteiger partial charge in [0, 0.05) is 30.0 Å². The third-order valence-electron chi connectivity index (χ3n) is 4.51. The summed E-state index contributed by atoms with van der Waals surface area (Å²) in [6.45, 7) is 3.04. The highest BCUT2D eigenvalue weighted by Gasteiger charge is 2.35. The van der Waals surface area contributed by atoms with Crippen LogP contribution in [0.5, 0.6) is 5.75 Å². The zero-order valence-electron chi connectivity index (χ0n) is 15.4. The molecule has 2 aromatic carbocycles. The number of phenols is 1. The number of hydrogen-bond acceptors (Lipinski definition) is 6. The number of phenolic OH excluding ortho intramolecular Hbond substituents is 1. The van der Waals surface area contributed by atoms with Gasteiger partial charge >= 0.3 is 5.97 Å². The van der Waals surface area contributed by atoms with Crippen LogP contribution in [-0.2, 0) is 20.7 Å². The number of aromatic hydroxyl groups is 1. The molecule has 3 rings (SSSR count). The minimum absolute atomic E-state index is 0.0448. The number of ketones is 2. The highest BCUT2D eigenvalue weighted by molar-refractivity contribution is 6.29. The molecule has 1 unspecified atom stereocenters. The van der Waals surface area contributed by atoms with Crippen LogP contribution in [0.4, 0.5) is 0 Å². The molecular weight excluding hydrogens is 362 g/mol. The van der Waals surface area contributed by atoms with Gasteiger partial charge in [-0.05, 0) is 18.6 Å². The molecule has 1 amide bonds. The lowest BCUT2D eigenvalue weighted by atomic mass is 9.80. The lowest BCUT2D eigenvalue weighted by molar-refractivity contribution is -0.147. The number of ether oxygens (including phenoxy) is 1. The standard InChI is InChI=1S/C21H19NO6/c1-3-28-21(27)15(22-11(2)23)10-12-8-9-16(24)18-17(12)19(25)13-6-4-5-7-14(13)20(18)26/h4-9,15,24H,3,10H2,1-2H3,(H,22,23). The molecule has 144 valence electrons. The van der Waals surface area contributed by atoms with Crippen LogP contribution in [0.15, 0.2) is 36.4 Å². The number of fused-ring (bicyclic) bond motifs is 2. The van der Waals surface area contributed by atoms with Gasteiger partial charge < -0.3 is 15.2 Å². The molecule has 7 heteroatoms. The van der Waals surface area contributed by atoms with Crippen LogP contribution in [-0.4, -0.2) is 41.2 Å². The van der Waals surface area contributed by atoms with E-state index in [0.717, 1.165) is 0 Å². The van der Waals surface area contributed by atoms with E-state index in [0.29, 0.717) is 5.56 Å². The molecule has 0 saturated carbocycles. The van der Waals surface area contributed by atoms with Crippen LogP contribution in [0.2, 0.25) is 0 Å². The molecule has 0 aliphatic heterocycles. The molecule has 0 heterocycles. The maximum Gasteiger partial charge on any atom is 0.328 e. The van der Waals surface area contributed by atoms with Crippen molar-refractivity contribution in [3.8, 4) is 5.75 Å². The first-order valence-electron chi connectivity index (χ1n) is 8.82. The molecule has 1 aliphatic rings. The van der Waals surface area contributed by atoms with E-state index in [4.69, 9.17) is 4.74 Å². The summed E-state index contributed by atoms with van der Waals surface area (Å²) in [7, 11) is 0. The molecule has 2 N–H and O–H groups in total. The Morgan fingerprint density at radius 3 is 2.21 bits per heavy atom. The van der Waals surface area contributed by atoms with Crippen molar-refractivity contribution in [1.82, 2.24) is 5.32 Å². The molecule has 0 saturated heterocycles. The number of amides is 1. The zero-order chi connectivity index (χ0) is 20.4. The average Bonchev–Trinajstić information content (AvgIpc) is 2.66. The number of carbonyl (C=O) groups is 4. The molecule has 1 atom stereocenters. The van der Waals surface area contributed by atoms with Crippen LogP contribution in [0.1, 0.15) is 51.3 Å². The lowest BCUT2D eigenvalue weighted by Gasteiger charge is -2.23. The minimum atomic E-state index is -1.02. The third-order valence-corrected chi connectivity index (χ3v) is 4.51. The Balaban J connectivity index is 2.09. The Hall–Kier alpha value is -3.48. The largest absolute Gasteiger partial charge is 0.507 e. The number of rotatable bonds is 5. The molecule has 0 radical (unpaired) electrons. The second-order valence-electron chi connectivity index (χ2n) is 6.41.